The molecule has 2 unspecified atom stereocenters. The standard InChI is InChI=1S/C22H26F3N5O3/c1-12(2)27-20(33)15-4-3-5-17(15)29-19-16(22(23,24)25)11-26-21(30-19)28-14-8-6-13(7-9-14)10-18(31)32/h6-9,11-12,15,17H,3-5,10H2,1-2H3,(H,27,33)(H,31,32)(H2,26,28,29,30). The number of alkyl halides is 3. The number of benzene rings is 1. The smallest absolute Gasteiger partial charge is 0.421 e. The molecule has 0 aliphatic heterocycles. The van der Waals surface area contributed by atoms with Crippen LogP contribution in [0, 0.1) is 5.92 Å². The van der Waals surface area contributed by atoms with E-state index in [2.05, 4.69) is 25.9 Å². The Morgan fingerprint density at radius 3 is 2.48 bits per heavy atom. The summed E-state index contributed by atoms with van der Waals surface area (Å²) >= 11 is 0. The zero-order valence-corrected chi connectivity index (χ0v) is 18.2. The van der Waals surface area contributed by atoms with Crippen molar-refractivity contribution >= 4 is 29.3 Å². The van der Waals surface area contributed by atoms with Gasteiger partial charge in [0.15, 0.2) is 0 Å². The minimum Gasteiger partial charge on any atom is -0.481 e. The molecule has 178 valence electrons. The van der Waals surface area contributed by atoms with Gasteiger partial charge in [0.05, 0.1) is 12.3 Å². The number of nitrogens with one attached hydrogen (secondary N) is 3. The first-order valence-corrected chi connectivity index (χ1v) is 10.6. The van der Waals surface area contributed by atoms with Gasteiger partial charge in [-0.1, -0.05) is 18.6 Å². The first-order valence-electron chi connectivity index (χ1n) is 10.6. The Kier molecular flexibility index (Phi) is 7.39. The maximum Gasteiger partial charge on any atom is 0.421 e. The number of hydrogen-bond acceptors (Lipinski definition) is 6. The second-order valence-electron chi connectivity index (χ2n) is 8.30. The van der Waals surface area contributed by atoms with Gasteiger partial charge in [0.1, 0.15) is 11.4 Å². The van der Waals surface area contributed by atoms with E-state index in [1.54, 1.807) is 24.3 Å². The second-order valence-corrected chi connectivity index (χ2v) is 8.30. The third-order valence-corrected chi connectivity index (χ3v) is 5.27. The van der Waals surface area contributed by atoms with Crippen LogP contribution >= 0.6 is 0 Å². The van der Waals surface area contributed by atoms with E-state index in [1.807, 2.05) is 13.8 Å². The topological polar surface area (TPSA) is 116 Å². The number of carboxylic acids is 1. The van der Waals surface area contributed by atoms with Crippen LogP contribution in [0.1, 0.15) is 44.2 Å². The molecule has 11 heteroatoms. The third-order valence-electron chi connectivity index (χ3n) is 5.27. The molecule has 2 atom stereocenters. The minimum atomic E-state index is -4.67. The molecule has 0 spiro atoms. The van der Waals surface area contributed by atoms with Crippen LogP contribution in [-0.2, 0) is 22.2 Å². The highest BCUT2D eigenvalue weighted by Crippen LogP contribution is 2.36. The molecule has 33 heavy (non-hydrogen) atoms. The van der Waals surface area contributed by atoms with Crippen molar-refractivity contribution in [2.24, 2.45) is 5.92 Å². The maximum absolute atomic E-state index is 13.6. The van der Waals surface area contributed by atoms with Crippen LogP contribution in [0.5, 0.6) is 0 Å². The molecule has 1 amide bonds. The number of anilines is 3. The van der Waals surface area contributed by atoms with Gasteiger partial charge in [0, 0.05) is 24.0 Å². The molecule has 0 bridgehead atoms. The number of nitrogens with zero attached hydrogens (tertiary/aromatic N) is 2. The van der Waals surface area contributed by atoms with Crippen LogP contribution in [0.25, 0.3) is 0 Å². The number of aliphatic carboxylic acids is 1. The van der Waals surface area contributed by atoms with E-state index in [0.717, 1.165) is 0 Å². The lowest BCUT2D eigenvalue weighted by Gasteiger charge is -2.24. The van der Waals surface area contributed by atoms with Gasteiger partial charge in [0.25, 0.3) is 0 Å². The van der Waals surface area contributed by atoms with Crippen molar-refractivity contribution in [1.29, 1.82) is 0 Å². The quantitative estimate of drug-likeness (QED) is 0.466. The summed E-state index contributed by atoms with van der Waals surface area (Å²) < 4.78 is 40.8. The van der Waals surface area contributed by atoms with Crippen molar-refractivity contribution in [2.75, 3.05) is 10.6 Å². The number of carbonyl (C=O) groups excluding carboxylic acids is 1. The van der Waals surface area contributed by atoms with E-state index in [1.165, 1.54) is 0 Å². The van der Waals surface area contributed by atoms with Crippen LogP contribution in [0.3, 0.4) is 0 Å². The fourth-order valence-corrected chi connectivity index (χ4v) is 3.78. The largest absolute Gasteiger partial charge is 0.481 e. The predicted molar refractivity (Wildman–Crippen MR) is 116 cm³/mol. The van der Waals surface area contributed by atoms with Gasteiger partial charge in [-0.05, 0) is 44.4 Å². The summed E-state index contributed by atoms with van der Waals surface area (Å²) in [6, 6.07) is 5.82. The average Bonchev–Trinajstić information content (AvgIpc) is 3.16. The van der Waals surface area contributed by atoms with Gasteiger partial charge in [-0.3, -0.25) is 9.59 Å². The van der Waals surface area contributed by atoms with E-state index in [-0.39, 0.29) is 24.3 Å². The Labute approximate surface area is 189 Å². The molecule has 1 aromatic carbocycles. The van der Waals surface area contributed by atoms with Gasteiger partial charge in [0.2, 0.25) is 11.9 Å². The third kappa shape index (κ3) is 6.56. The lowest BCUT2D eigenvalue weighted by Crippen LogP contribution is -2.41. The zero-order chi connectivity index (χ0) is 24.2. The highest BCUT2D eigenvalue weighted by Gasteiger charge is 2.38. The van der Waals surface area contributed by atoms with Crippen molar-refractivity contribution in [1.82, 2.24) is 15.3 Å². The zero-order valence-electron chi connectivity index (χ0n) is 18.2. The molecule has 4 N–H and O–H groups in total. The maximum atomic E-state index is 13.6. The van der Waals surface area contributed by atoms with Crippen molar-refractivity contribution in [3.63, 3.8) is 0 Å². The molecular formula is C22H26F3N5O3. The molecule has 2 aromatic rings. The molecule has 0 radical (unpaired) electrons. The first kappa shape index (κ1) is 24.3. The Morgan fingerprint density at radius 1 is 1.18 bits per heavy atom. The van der Waals surface area contributed by atoms with Crippen LogP contribution in [-0.4, -0.2) is 39.0 Å². The summed E-state index contributed by atoms with van der Waals surface area (Å²) in [5.74, 6) is -2.07. The molecule has 1 heterocycles. The SMILES string of the molecule is CC(C)NC(=O)C1CCCC1Nc1nc(Nc2ccc(CC(=O)O)cc2)ncc1C(F)(F)F. The first-order chi connectivity index (χ1) is 15.5. The molecule has 1 aromatic heterocycles. The van der Waals surface area contributed by atoms with Gasteiger partial charge >= 0.3 is 12.1 Å². The molecule has 1 aliphatic rings. The van der Waals surface area contributed by atoms with Crippen molar-refractivity contribution in [3.05, 3.63) is 41.6 Å². The van der Waals surface area contributed by atoms with E-state index in [0.29, 0.717) is 36.7 Å². The normalized spacial score (nSPS) is 18.2. The summed E-state index contributed by atoms with van der Waals surface area (Å²) in [5, 5.41) is 17.3. The Morgan fingerprint density at radius 2 is 1.88 bits per heavy atom. The molecule has 1 aliphatic carbocycles. The van der Waals surface area contributed by atoms with Crippen LogP contribution in [0.4, 0.5) is 30.6 Å². The summed E-state index contributed by atoms with van der Waals surface area (Å²) in [7, 11) is 0. The Balaban J connectivity index is 1.82. The van der Waals surface area contributed by atoms with Gasteiger partial charge in [-0.2, -0.15) is 18.2 Å². The molecule has 1 saturated carbocycles. The lowest BCUT2D eigenvalue weighted by molar-refractivity contribution is -0.137. The van der Waals surface area contributed by atoms with Crippen molar-refractivity contribution in [3.8, 4) is 0 Å². The molecule has 1 fully saturated rings. The van der Waals surface area contributed by atoms with Crippen molar-refractivity contribution < 1.29 is 27.9 Å². The van der Waals surface area contributed by atoms with Gasteiger partial charge < -0.3 is 21.1 Å². The van der Waals surface area contributed by atoms with E-state index in [4.69, 9.17) is 5.11 Å². The van der Waals surface area contributed by atoms with Crippen LogP contribution in [0.2, 0.25) is 0 Å². The highest BCUT2D eigenvalue weighted by molar-refractivity contribution is 5.80. The van der Waals surface area contributed by atoms with Crippen LogP contribution in [0.15, 0.2) is 30.5 Å². The number of halogens is 3. The molecule has 3 rings (SSSR count). The van der Waals surface area contributed by atoms with E-state index < -0.39 is 35.5 Å². The fraction of sp³-hybridized carbons (Fsp3) is 0.455. The molecular weight excluding hydrogens is 439 g/mol. The van der Waals surface area contributed by atoms with E-state index in [9.17, 15) is 22.8 Å². The number of aromatic nitrogens is 2. The number of amides is 1. The number of rotatable bonds is 8. The van der Waals surface area contributed by atoms with E-state index >= 15 is 0 Å². The predicted octanol–water partition coefficient (Wildman–Crippen LogP) is 3.97. The molecule has 0 saturated heterocycles. The monoisotopic (exact) mass is 465 g/mol. The summed E-state index contributed by atoms with van der Waals surface area (Å²) in [6.45, 7) is 3.65. The number of carbonyl (C=O) groups is 2. The number of hydrogen-bond donors (Lipinski definition) is 4. The Hall–Kier alpha value is -3.37. The fourth-order valence-electron chi connectivity index (χ4n) is 3.78. The molecule has 8 nitrogen and oxygen atoms in total. The Bertz CT molecular complexity index is 996. The summed E-state index contributed by atoms with van der Waals surface area (Å²) in [5.41, 5.74) is 0.0559. The van der Waals surface area contributed by atoms with Crippen molar-refractivity contribution in [2.45, 2.75) is 57.8 Å². The number of carboxylic acid groups (broad SMARTS) is 1. The second kappa shape index (κ2) is 10.1. The minimum absolute atomic E-state index is 0.0577. The average molecular weight is 465 g/mol. The highest BCUT2D eigenvalue weighted by atomic mass is 19.4. The van der Waals surface area contributed by atoms with Gasteiger partial charge in [-0.15, -0.1) is 0 Å². The van der Waals surface area contributed by atoms with Crippen LogP contribution < -0.4 is 16.0 Å². The lowest BCUT2D eigenvalue weighted by atomic mass is 10.0. The van der Waals surface area contributed by atoms with Gasteiger partial charge in [-0.25, -0.2) is 4.98 Å². The summed E-state index contributed by atoms with van der Waals surface area (Å²) in [4.78, 5) is 31.1. The summed E-state index contributed by atoms with van der Waals surface area (Å²) in [6.07, 6.45) is -2.27.